The maximum Gasteiger partial charge on any atom is 0.407 e. The van der Waals surface area contributed by atoms with E-state index in [0.717, 1.165) is 5.56 Å². The van der Waals surface area contributed by atoms with Crippen molar-refractivity contribution in [1.29, 1.82) is 0 Å². The first-order valence-electron chi connectivity index (χ1n) is 14.4. The minimum Gasteiger partial charge on any atom is -0.476 e. The Morgan fingerprint density at radius 2 is 0.977 bits per heavy atom. The fraction of sp³-hybridized carbons (Fsp3) is 0.655. The average Bonchev–Trinajstić information content (AvgIpc) is 3.03. The molecule has 0 aliphatic rings. The lowest BCUT2D eigenvalue weighted by atomic mass is 10.2. The Kier molecular flexibility index (Phi) is 25.2. The number of carboxylic acids is 1. The number of benzene rings is 1. The van der Waals surface area contributed by atoms with Crippen LogP contribution in [0.5, 0.6) is 0 Å². The number of aliphatic carboxylic acids is 1. The molecule has 0 atom stereocenters. The summed E-state index contributed by atoms with van der Waals surface area (Å²) in [6, 6.07) is 9.44. The first-order valence-corrected chi connectivity index (χ1v) is 14.4. The van der Waals surface area contributed by atoms with Gasteiger partial charge in [0, 0.05) is 13.0 Å². The Morgan fingerprint density at radius 3 is 1.43 bits per heavy atom. The summed E-state index contributed by atoms with van der Waals surface area (Å²) < 4.78 is 47.6. The van der Waals surface area contributed by atoms with Crippen molar-refractivity contribution in [2.45, 2.75) is 19.4 Å². The van der Waals surface area contributed by atoms with E-state index in [1.165, 1.54) is 0 Å². The van der Waals surface area contributed by atoms with Gasteiger partial charge in [-0.05, 0) is 5.56 Å². The highest BCUT2D eigenvalue weighted by molar-refractivity contribution is 6.32. The number of ketones is 1. The van der Waals surface area contributed by atoms with Crippen LogP contribution >= 0.6 is 0 Å². The van der Waals surface area contributed by atoms with Crippen molar-refractivity contribution >= 4 is 23.8 Å². The third kappa shape index (κ3) is 25.3. The van der Waals surface area contributed by atoms with Crippen molar-refractivity contribution in [2.24, 2.45) is 0 Å². The molecular formula is C29H45NO14. The van der Waals surface area contributed by atoms with Crippen molar-refractivity contribution in [3.63, 3.8) is 0 Å². The molecule has 0 aromatic heterocycles. The SMILES string of the molecule is O=C(CCC(=O)C(=O)O)OCCOCCOCCOCCOCCOCCOCCOCCNC(=O)OCc1ccccc1. The molecule has 0 saturated carbocycles. The smallest absolute Gasteiger partial charge is 0.407 e. The molecule has 2 N–H and O–H groups in total. The van der Waals surface area contributed by atoms with Gasteiger partial charge in [0.2, 0.25) is 5.78 Å². The molecule has 0 saturated heterocycles. The van der Waals surface area contributed by atoms with E-state index in [1.807, 2.05) is 30.3 Å². The zero-order valence-electron chi connectivity index (χ0n) is 25.1. The molecule has 44 heavy (non-hydrogen) atoms. The van der Waals surface area contributed by atoms with Crippen LogP contribution in [0.25, 0.3) is 0 Å². The second-order valence-corrected chi connectivity index (χ2v) is 8.72. The highest BCUT2D eigenvalue weighted by atomic mass is 16.6. The van der Waals surface area contributed by atoms with E-state index in [4.69, 9.17) is 47.7 Å². The van der Waals surface area contributed by atoms with Gasteiger partial charge in [0.25, 0.3) is 0 Å². The number of amides is 1. The molecule has 15 heteroatoms. The Hall–Kier alpha value is -3.18. The van der Waals surface area contributed by atoms with Gasteiger partial charge in [-0.3, -0.25) is 9.59 Å². The molecule has 1 aromatic carbocycles. The van der Waals surface area contributed by atoms with Crippen molar-refractivity contribution in [2.75, 3.05) is 106 Å². The largest absolute Gasteiger partial charge is 0.476 e. The van der Waals surface area contributed by atoms with E-state index < -0.39 is 23.8 Å². The maximum atomic E-state index is 11.6. The highest BCUT2D eigenvalue weighted by Crippen LogP contribution is 2.00. The minimum absolute atomic E-state index is 0.00912. The number of ether oxygens (including phenoxy) is 9. The number of hydrogen-bond acceptors (Lipinski definition) is 13. The predicted octanol–water partition coefficient (Wildman–Crippen LogP) is 1.01. The summed E-state index contributed by atoms with van der Waals surface area (Å²) in [5, 5.41) is 11.1. The highest BCUT2D eigenvalue weighted by Gasteiger charge is 2.14. The summed E-state index contributed by atoms with van der Waals surface area (Å²) >= 11 is 0. The normalized spacial score (nSPS) is 10.8. The van der Waals surface area contributed by atoms with Crippen LogP contribution in [0.1, 0.15) is 18.4 Å². The van der Waals surface area contributed by atoms with Crippen molar-refractivity contribution < 1.29 is 66.9 Å². The van der Waals surface area contributed by atoms with E-state index >= 15 is 0 Å². The number of esters is 1. The first-order chi connectivity index (χ1) is 21.5. The van der Waals surface area contributed by atoms with Crippen LogP contribution in [-0.4, -0.2) is 135 Å². The zero-order chi connectivity index (χ0) is 31.9. The van der Waals surface area contributed by atoms with Gasteiger partial charge in [0.05, 0.1) is 98.9 Å². The molecule has 1 rings (SSSR count). The monoisotopic (exact) mass is 631 g/mol. The molecule has 0 radical (unpaired) electrons. The third-order valence-corrected chi connectivity index (χ3v) is 5.25. The van der Waals surface area contributed by atoms with E-state index in [-0.39, 0.29) is 32.7 Å². The maximum absolute atomic E-state index is 11.6. The van der Waals surface area contributed by atoms with Crippen LogP contribution in [0.4, 0.5) is 4.79 Å². The molecular weight excluding hydrogens is 586 g/mol. The van der Waals surface area contributed by atoms with E-state index in [0.29, 0.717) is 92.4 Å². The van der Waals surface area contributed by atoms with Crippen LogP contribution < -0.4 is 5.32 Å². The summed E-state index contributed by atoms with van der Waals surface area (Å²) in [5.74, 6) is -3.25. The topological polar surface area (TPSA) is 184 Å². The summed E-state index contributed by atoms with van der Waals surface area (Å²) in [6.45, 7) is 6.03. The van der Waals surface area contributed by atoms with Gasteiger partial charge in [0.15, 0.2) is 0 Å². The number of alkyl carbamates (subject to hydrolysis) is 1. The first kappa shape index (κ1) is 38.8. The van der Waals surface area contributed by atoms with Gasteiger partial charge in [-0.1, -0.05) is 30.3 Å². The van der Waals surface area contributed by atoms with Gasteiger partial charge in [0.1, 0.15) is 13.2 Å². The van der Waals surface area contributed by atoms with Crippen LogP contribution in [0.15, 0.2) is 30.3 Å². The van der Waals surface area contributed by atoms with Gasteiger partial charge in [-0.25, -0.2) is 9.59 Å². The molecule has 1 aromatic rings. The van der Waals surface area contributed by atoms with Gasteiger partial charge < -0.3 is 53.1 Å². The molecule has 0 fully saturated rings. The Bertz CT molecular complexity index is 886. The third-order valence-electron chi connectivity index (χ3n) is 5.25. The summed E-state index contributed by atoms with van der Waals surface area (Å²) in [5.41, 5.74) is 0.924. The Balaban J connectivity index is 1.69. The number of carbonyl (C=O) groups excluding carboxylic acids is 3. The summed E-state index contributed by atoms with van der Waals surface area (Å²) in [6.07, 6.45) is -1.15. The minimum atomic E-state index is -1.57. The van der Waals surface area contributed by atoms with Crippen LogP contribution in [0, 0.1) is 0 Å². The number of nitrogens with one attached hydrogen (secondary N) is 1. The number of rotatable bonds is 30. The fourth-order valence-corrected chi connectivity index (χ4v) is 3.03. The lowest BCUT2D eigenvalue weighted by Crippen LogP contribution is -2.28. The number of carbonyl (C=O) groups is 4. The second-order valence-electron chi connectivity index (χ2n) is 8.72. The second kappa shape index (κ2) is 28.6. The lowest BCUT2D eigenvalue weighted by Gasteiger charge is -2.09. The molecule has 0 heterocycles. The van der Waals surface area contributed by atoms with Crippen LogP contribution in [0.3, 0.4) is 0 Å². The molecule has 0 unspecified atom stereocenters. The summed E-state index contributed by atoms with van der Waals surface area (Å²) in [4.78, 5) is 44.2. The van der Waals surface area contributed by atoms with Gasteiger partial charge in [-0.15, -0.1) is 0 Å². The molecule has 0 aliphatic carbocycles. The zero-order valence-corrected chi connectivity index (χ0v) is 25.1. The molecule has 0 spiro atoms. The predicted molar refractivity (Wildman–Crippen MR) is 153 cm³/mol. The van der Waals surface area contributed by atoms with Crippen LogP contribution in [0.2, 0.25) is 0 Å². The standard InChI is InChI=1S/C29H45NO14/c31-26(28(33)34)6-7-27(32)43-23-22-42-21-20-41-19-18-40-17-16-39-15-14-38-13-12-37-11-10-36-9-8-30-29(35)44-24-25-4-2-1-3-5-25/h1-5H,6-24H2,(H,30,35)(H,33,34). The molecule has 250 valence electrons. The van der Waals surface area contributed by atoms with Crippen molar-refractivity contribution in [3.8, 4) is 0 Å². The number of carboxylic acid groups (broad SMARTS) is 1. The Morgan fingerprint density at radius 1 is 0.545 bits per heavy atom. The number of Topliss-reactive ketones (excluding diaryl/α,β-unsaturated/α-hetero) is 1. The average molecular weight is 632 g/mol. The molecule has 1 amide bonds. The van der Waals surface area contributed by atoms with Gasteiger partial charge in [-0.2, -0.15) is 0 Å². The number of hydrogen-bond donors (Lipinski definition) is 2. The van der Waals surface area contributed by atoms with Crippen molar-refractivity contribution in [3.05, 3.63) is 35.9 Å². The van der Waals surface area contributed by atoms with E-state index in [1.54, 1.807) is 0 Å². The van der Waals surface area contributed by atoms with Gasteiger partial charge >= 0.3 is 18.0 Å². The Labute approximate surface area is 257 Å². The fourth-order valence-electron chi connectivity index (χ4n) is 3.03. The van der Waals surface area contributed by atoms with E-state index in [9.17, 15) is 19.2 Å². The molecule has 0 bridgehead atoms. The molecule has 0 aliphatic heterocycles. The van der Waals surface area contributed by atoms with Crippen molar-refractivity contribution in [1.82, 2.24) is 5.32 Å². The molecule has 15 nitrogen and oxygen atoms in total. The van der Waals surface area contributed by atoms with E-state index in [2.05, 4.69) is 5.32 Å². The lowest BCUT2D eigenvalue weighted by molar-refractivity contribution is -0.151. The quantitative estimate of drug-likeness (QED) is 0.0696. The van der Waals surface area contributed by atoms with Crippen LogP contribution in [-0.2, 0) is 63.6 Å². The summed E-state index contributed by atoms with van der Waals surface area (Å²) in [7, 11) is 0.